The van der Waals surface area contributed by atoms with Crippen LogP contribution >= 0.6 is 0 Å². The molecule has 23 heavy (non-hydrogen) atoms. The van der Waals surface area contributed by atoms with E-state index in [1.165, 1.54) is 4.90 Å². The molecule has 1 fully saturated rings. The van der Waals surface area contributed by atoms with Crippen LogP contribution in [0.4, 0.5) is 9.59 Å². The Bertz CT molecular complexity index is 452. The number of nitrogens with zero attached hydrogens (tertiary/aromatic N) is 1. The fourth-order valence-electron chi connectivity index (χ4n) is 3.47. The van der Waals surface area contributed by atoms with Crippen LogP contribution in [-0.4, -0.2) is 58.1 Å². The number of amides is 2. The van der Waals surface area contributed by atoms with E-state index in [4.69, 9.17) is 4.74 Å². The van der Waals surface area contributed by atoms with Gasteiger partial charge in [-0.05, 0) is 32.6 Å². The molecule has 0 aliphatic carbocycles. The van der Waals surface area contributed by atoms with Gasteiger partial charge >= 0.3 is 12.2 Å². The Morgan fingerprint density at radius 3 is 2.22 bits per heavy atom. The highest BCUT2D eigenvalue weighted by Gasteiger charge is 2.57. The maximum atomic E-state index is 11.9. The van der Waals surface area contributed by atoms with Crippen molar-refractivity contribution in [2.75, 3.05) is 19.7 Å². The molecule has 1 rings (SSSR count). The Morgan fingerprint density at radius 1 is 1.26 bits per heavy atom. The highest BCUT2D eigenvalue weighted by Crippen LogP contribution is 2.47. The van der Waals surface area contributed by atoms with E-state index in [2.05, 4.69) is 5.32 Å². The number of hydrogen-bond donors (Lipinski definition) is 3. The largest absolute Gasteiger partial charge is 0.465 e. The van der Waals surface area contributed by atoms with E-state index in [1.54, 1.807) is 20.8 Å². The van der Waals surface area contributed by atoms with Crippen molar-refractivity contribution in [3.8, 4) is 0 Å². The van der Waals surface area contributed by atoms with Gasteiger partial charge in [-0.2, -0.15) is 0 Å². The lowest BCUT2D eigenvalue weighted by Gasteiger charge is -2.49. The normalized spacial score (nSPS) is 25.3. The van der Waals surface area contributed by atoms with Gasteiger partial charge in [-0.15, -0.1) is 0 Å². The maximum absolute atomic E-state index is 11.9. The van der Waals surface area contributed by atoms with Crippen molar-refractivity contribution in [1.82, 2.24) is 10.2 Å². The summed E-state index contributed by atoms with van der Waals surface area (Å²) in [6.07, 6.45) is -0.999. The minimum Gasteiger partial charge on any atom is -0.465 e. The van der Waals surface area contributed by atoms with Crippen LogP contribution in [0.1, 0.15) is 48.0 Å². The zero-order valence-corrected chi connectivity index (χ0v) is 15.0. The molecule has 1 aliphatic heterocycles. The molecule has 1 heterocycles. The van der Waals surface area contributed by atoms with Gasteiger partial charge in [0.05, 0.1) is 12.1 Å². The SMILES string of the molecule is CC(C)(C)OC(=O)NC[C@@H]1CCN(C(=O)O)[C@@]1(CO)C(C)(C)C. The molecular weight excluding hydrogens is 300 g/mol. The van der Waals surface area contributed by atoms with Crippen LogP contribution in [0.25, 0.3) is 0 Å². The lowest BCUT2D eigenvalue weighted by atomic mass is 9.67. The Kier molecular flexibility index (Phi) is 5.57. The predicted molar refractivity (Wildman–Crippen MR) is 86.3 cm³/mol. The molecule has 2 amide bonds. The highest BCUT2D eigenvalue weighted by atomic mass is 16.6. The summed E-state index contributed by atoms with van der Waals surface area (Å²) in [5.74, 6) is -0.184. The van der Waals surface area contributed by atoms with Crippen molar-refractivity contribution >= 4 is 12.2 Å². The summed E-state index contributed by atoms with van der Waals surface area (Å²) in [7, 11) is 0. The first-order chi connectivity index (χ1) is 10.3. The number of carbonyl (C=O) groups is 2. The minimum atomic E-state index is -1.05. The van der Waals surface area contributed by atoms with Gasteiger partial charge in [0.15, 0.2) is 0 Å². The fraction of sp³-hybridized carbons (Fsp3) is 0.875. The number of aliphatic hydroxyl groups is 1. The van der Waals surface area contributed by atoms with E-state index in [0.717, 1.165) is 0 Å². The third-order valence-corrected chi connectivity index (χ3v) is 4.52. The van der Waals surface area contributed by atoms with Gasteiger partial charge < -0.3 is 20.3 Å². The molecule has 7 nitrogen and oxygen atoms in total. The van der Waals surface area contributed by atoms with E-state index in [1.807, 2.05) is 20.8 Å². The topological polar surface area (TPSA) is 99.1 Å². The van der Waals surface area contributed by atoms with E-state index in [-0.39, 0.29) is 19.1 Å². The molecule has 0 aromatic carbocycles. The number of carboxylic acid groups (broad SMARTS) is 1. The van der Waals surface area contributed by atoms with Crippen LogP contribution in [0.3, 0.4) is 0 Å². The molecule has 1 aliphatic rings. The van der Waals surface area contributed by atoms with Gasteiger partial charge in [-0.3, -0.25) is 4.90 Å². The summed E-state index contributed by atoms with van der Waals surface area (Å²) >= 11 is 0. The molecule has 0 spiro atoms. The number of aliphatic hydroxyl groups excluding tert-OH is 1. The Hall–Kier alpha value is -1.50. The van der Waals surface area contributed by atoms with Crippen LogP contribution in [0.5, 0.6) is 0 Å². The van der Waals surface area contributed by atoms with Gasteiger partial charge in [-0.25, -0.2) is 9.59 Å². The zero-order valence-electron chi connectivity index (χ0n) is 15.0. The first-order valence-corrected chi connectivity index (χ1v) is 7.93. The summed E-state index contributed by atoms with van der Waals surface area (Å²) in [4.78, 5) is 24.8. The van der Waals surface area contributed by atoms with Gasteiger partial charge in [0.25, 0.3) is 0 Å². The van der Waals surface area contributed by atoms with Gasteiger partial charge in [0, 0.05) is 19.0 Å². The number of nitrogens with one attached hydrogen (secondary N) is 1. The standard InChI is InChI=1S/C16H30N2O5/c1-14(2,3)16(10-19)11(7-8-18(16)13(21)22)9-17-12(20)23-15(4,5)6/h11,19H,7-10H2,1-6H3,(H,17,20)(H,21,22)/t11-,16+/m0/s1. The molecular formula is C16H30N2O5. The quantitative estimate of drug-likeness (QED) is 0.737. The average molecular weight is 330 g/mol. The van der Waals surface area contributed by atoms with Gasteiger partial charge in [-0.1, -0.05) is 20.8 Å². The summed E-state index contributed by atoms with van der Waals surface area (Å²) in [5, 5.41) is 22.2. The van der Waals surface area contributed by atoms with E-state index in [9.17, 15) is 19.8 Å². The monoisotopic (exact) mass is 330 g/mol. The predicted octanol–water partition coefficient (Wildman–Crippen LogP) is 2.29. The molecule has 2 atom stereocenters. The second kappa shape index (κ2) is 6.55. The second-order valence-corrected chi connectivity index (χ2v) is 8.13. The van der Waals surface area contributed by atoms with Crippen molar-refractivity contribution in [2.45, 2.75) is 59.1 Å². The van der Waals surface area contributed by atoms with Crippen molar-refractivity contribution < 1.29 is 24.5 Å². The molecule has 3 N–H and O–H groups in total. The first-order valence-electron chi connectivity index (χ1n) is 7.93. The number of ether oxygens (including phenoxy) is 1. The number of rotatable bonds is 3. The average Bonchev–Trinajstić information content (AvgIpc) is 2.73. The molecule has 7 heteroatoms. The third kappa shape index (κ3) is 4.07. The van der Waals surface area contributed by atoms with E-state index in [0.29, 0.717) is 13.0 Å². The number of carbonyl (C=O) groups excluding carboxylic acids is 1. The molecule has 0 aromatic heterocycles. The molecule has 0 unspecified atom stereocenters. The van der Waals surface area contributed by atoms with Crippen molar-refractivity contribution in [3.63, 3.8) is 0 Å². The second-order valence-electron chi connectivity index (χ2n) is 8.13. The summed E-state index contributed by atoms with van der Waals surface area (Å²) < 4.78 is 5.22. The highest BCUT2D eigenvalue weighted by molar-refractivity contribution is 5.68. The summed E-state index contributed by atoms with van der Waals surface area (Å²) in [6, 6.07) is 0. The number of likely N-dealkylation sites (tertiary alicyclic amines) is 1. The molecule has 0 radical (unpaired) electrons. The van der Waals surface area contributed by atoms with E-state index < -0.39 is 28.7 Å². The summed E-state index contributed by atoms with van der Waals surface area (Å²) in [6.45, 7) is 11.4. The molecule has 0 saturated carbocycles. The fourth-order valence-corrected chi connectivity index (χ4v) is 3.47. The number of hydrogen-bond acceptors (Lipinski definition) is 4. The van der Waals surface area contributed by atoms with E-state index >= 15 is 0 Å². The molecule has 1 saturated heterocycles. The Morgan fingerprint density at radius 2 is 1.83 bits per heavy atom. The minimum absolute atomic E-state index is 0.184. The van der Waals surface area contributed by atoms with Crippen LogP contribution in [0.2, 0.25) is 0 Å². The summed E-state index contributed by atoms with van der Waals surface area (Å²) in [5.41, 5.74) is -2.00. The van der Waals surface area contributed by atoms with Gasteiger partial charge in [0.2, 0.25) is 0 Å². The maximum Gasteiger partial charge on any atom is 0.407 e. The molecule has 0 aromatic rings. The van der Waals surface area contributed by atoms with Crippen molar-refractivity contribution in [3.05, 3.63) is 0 Å². The first kappa shape index (κ1) is 19.5. The lowest BCUT2D eigenvalue weighted by molar-refractivity contribution is -0.0382. The smallest absolute Gasteiger partial charge is 0.407 e. The van der Waals surface area contributed by atoms with Crippen LogP contribution in [0.15, 0.2) is 0 Å². The zero-order chi connectivity index (χ0) is 18.1. The van der Waals surface area contributed by atoms with Crippen molar-refractivity contribution in [1.29, 1.82) is 0 Å². The number of alkyl carbamates (subject to hydrolysis) is 1. The van der Waals surface area contributed by atoms with Crippen LogP contribution in [0, 0.1) is 11.3 Å². The Labute approximate surface area is 138 Å². The van der Waals surface area contributed by atoms with Crippen LogP contribution < -0.4 is 5.32 Å². The van der Waals surface area contributed by atoms with Gasteiger partial charge in [0.1, 0.15) is 5.60 Å². The third-order valence-electron chi connectivity index (χ3n) is 4.52. The van der Waals surface area contributed by atoms with Crippen LogP contribution in [-0.2, 0) is 4.74 Å². The Balaban J connectivity index is 2.93. The molecule has 0 bridgehead atoms. The van der Waals surface area contributed by atoms with Crippen molar-refractivity contribution in [2.24, 2.45) is 11.3 Å². The lowest BCUT2D eigenvalue weighted by Crippen LogP contribution is -2.62. The molecule has 134 valence electrons.